The van der Waals surface area contributed by atoms with Gasteiger partial charge in [0.2, 0.25) is 0 Å². The standard InChI is InChI=1S/C14H21NO/c1-2-6-13(5-1)9-11-15-10-3-7-14-8-4-12-16-14/h3-4,7-8,12-13,15H,1-2,5-6,9-11H2/b7-3+. The van der Waals surface area contributed by atoms with E-state index in [1.165, 1.54) is 32.1 Å². The highest BCUT2D eigenvalue weighted by atomic mass is 16.3. The van der Waals surface area contributed by atoms with Gasteiger partial charge in [0.25, 0.3) is 0 Å². The Morgan fingerprint density at radius 2 is 2.25 bits per heavy atom. The van der Waals surface area contributed by atoms with Crippen LogP contribution in [0.25, 0.3) is 6.08 Å². The molecule has 0 atom stereocenters. The molecule has 1 aliphatic carbocycles. The highest BCUT2D eigenvalue weighted by molar-refractivity contribution is 5.42. The van der Waals surface area contributed by atoms with Crippen molar-refractivity contribution < 1.29 is 4.42 Å². The Hall–Kier alpha value is -1.02. The maximum Gasteiger partial charge on any atom is 0.126 e. The second kappa shape index (κ2) is 6.54. The first-order valence-corrected chi connectivity index (χ1v) is 6.36. The largest absolute Gasteiger partial charge is 0.465 e. The molecule has 0 aromatic carbocycles. The molecule has 16 heavy (non-hydrogen) atoms. The third-order valence-corrected chi connectivity index (χ3v) is 3.29. The number of hydrogen-bond acceptors (Lipinski definition) is 2. The molecule has 0 aliphatic heterocycles. The Morgan fingerprint density at radius 1 is 1.38 bits per heavy atom. The Labute approximate surface area is 97.7 Å². The van der Waals surface area contributed by atoms with Crippen molar-refractivity contribution in [3.8, 4) is 0 Å². The van der Waals surface area contributed by atoms with Crippen molar-refractivity contribution in [2.45, 2.75) is 32.1 Å². The normalized spacial score (nSPS) is 17.5. The van der Waals surface area contributed by atoms with E-state index in [0.29, 0.717) is 0 Å². The van der Waals surface area contributed by atoms with E-state index in [1.807, 2.05) is 18.2 Å². The van der Waals surface area contributed by atoms with E-state index < -0.39 is 0 Å². The fraction of sp³-hybridized carbons (Fsp3) is 0.571. The van der Waals surface area contributed by atoms with Gasteiger partial charge in [-0.2, -0.15) is 0 Å². The first kappa shape index (κ1) is 11.5. The molecule has 1 heterocycles. The number of nitrogens with one attached hydrogen (secondary N) is 1. The second-order valence-electron chi connectivity index (χ2n) is 4.56. The van der Waals surface area contributed by atoms with Crippen LogP contribution >= 0.6 is 0 Å². The summed E-state index contributed by atoms with van der Waals surface area (Å²) in [6.45, 7) is 2.08. The Morgan fingerprint density at radius 3 is 3.00 bits per heavy atom. The van der Waals surface area contributed by atoms with Crippen molar-refractivity contribution in [1.29, 1.82) is 0 Å². The summed E-state index contributed by atoms with van der Waals surface area (Å²) < 4.78 is 5.21. The molecule has 0 unspecified atom stereocenters. The van der Waals surface area contributed by atoms with Crippen molar-refractivity contribution in [2.75, 3.05) is 13.1 Å². The molecule has 2 nitrogen and oxygen atoms in total. The number of furan rings is 1. The van der Waals surface area contributed by atoms with Gasteiger partial charge >= 0.3 is 0 Å². The highest BCUT2D eigenvalue weighted by Crippen LogP contribution is 2.26. The van der Waals surface area contributed by atoms with Crippen molar-refractivity contribution in [3.05, 3.63) is 30.2 Å². The summed E-state index contributed by atoms with van der Waals surface area (Å²) in [7, 11) is 0. The SMILES string of the molecule is C(=C\c1ccco1)/CNCCC1CCCC1. The maximum atomic E-state index is 5.21. The van der Waals surface area contributed by atoms with Gasteiger partial charge in [0.1, 0.15) is 5.76 Å². The number of rotatable bonds is 6. The summed E-state index contributed by atoms with van der Waals surface area (Å²) in [5.41, 5.74) is 0. The third kappa shape index (κ3) is 3.86. The minimum absolute atomic E-state index is 0.928. The molecule has 1 fully saturated rings. The van der Waals surface area contributed by atoms with Gasteiger partial charge in [0, 0.05) is 6.54 Å². The molecular formula is C14H21NO. The second-order valence-corrected chi connectivity index (χ2v) is 4.56. The van der Waals surface area contributed by atoms with Crippen LogP contribution in [0.1, 0.15) is 37.9 Å². The van der Waals surface area contributed by atoms with Crippen LogP contribution in [0, 0.1) is 5.92 Å². The van der Waals surface area contributed by atoms with E-state index in [1.54, 1.807) is 6.26 Å². The van der Waals surface area contributed by atoms with Crippen molar-refractivity contribution >= 4 is 6.08 Å². The minimum Gasteiger partial charge on any atom is -0.465 e. The Kier molecular flexibility index (Phi) is 4.69. The van der Waals surface area contributed by atoms with Gasteiger partial charge in [-0.3, -0.25) is 0 Å². The van der Waals surface area contributed by atoms with Crippen LogP contribution in [0.3, 0.4) is 0 Å². The van der Waals surface area contributed by atoms with Crippen LogP contribution in [0.2, 0.25) is 0 Å². The Bertz CT molecular complexity index is 297. The van der Waals surface area contributed by atoms with Crippen LogP contribution in [0.4, 0.5) is 0 Å². The molecule has 1 aliphatic rings. The van der Waals surface area contributed by atoms with Crippen LogP contribution in [-0.2, 0) is 0 Å². The fourth-order valence-electron chi connectivity index (χ4n) is 2.35. The average molecular weight is 219 g/mol. The molecule has 2 heteroatoms. The molecule has 0 amide bonds. The van der Waals surface area contributed by atoms with Crippen molar-refractivity contribution in [3.63, 3.8) is 0 Å². The van der Waals surface area contributed by atoms with Gasteiger partial charge in [0.05, 0.1) is 6.26 Å². The van der Waals surface area contributed by atoms with Gasteiger partial charge in [-0.1, -0.05) is 31.8 Å². The zero-order chi connectivity index (χ0) is 11.1. The van der Waals surface area contributed by atoms with E-state index in [2.05, 4.69) is 11.4 Å². The molecule has 0 radical (unpaired) electrons. The van der Waals surface area contributed by atoms with Crippen molar-refractivity contribution in [2.24, 2.45) is 5.92 Å². The summed E-state index contributed by atoms with van der Waals surface area (Å²) in [5.74, 6) is 1.92. The summed E-state index contributed by atoms with van der Waals surface area (Å²) in [6, 6.07) is 3.88. The number of hydrogen-bond donors (Lipinski definition) is 1. The Balaban J connectivity index is 1.51. The molecule has 1 aromatic rings. The third-order valence-electron chi connectivity index (χ3n) is 3.29. The molecule has 1 N–H and O–H groups in total. The van der Waals surface area contributed by atoms with Gasteiger partial charge in [-0.25, -0.2) is 0 Å². The topological polar surface area (TPSA) is 25.2 Å². The quantitative estimate of drug-likeness (QED) is 0.741. The van der Waals surface area contributed by atoms with Gasteiger partial charge in [-0.15, -0.1) is 0 Å². The molecule has 2 rings (SSSR count). The maximum absolute atomic E-state index is 5.21. The lowest BCUT2D eigenvalue weighted by Gasteiger charge is -2.07. The molecular weight excluding hydrogens is 198 g/mol. The van der Waals surface area contributed by atoms with E-state index in [-0.39, 0.29) is 0 Å². The molecule has 0 bridgehead atoms. The van der Waals surface area contributed by atoms with Crippen LogP contribution in [-0.4, -0.2) is 13.1 Å². The van der Waals surface area contributed by atoms with Gasteiger partial charge < -0.3 is 9.73 Å². The highest BCUT2D eigenvalue weighted by Gasteiger charge is 2.13. The van der Waals surface area contributed by atoms with Crippen LogP contribution in [0.15, 0.2) is 28.9 Å². The summed E-state index contributed by atoms with van der Waals surface area (Å²) >= 11 is 0. The van der Waals surface area contributed by atoms with Crippen LogP contribution < -0.4 is 5.32 Å². The molecule has 1 saturated carbocycles. The van der Waals surface area contributed by atoms with Crippen molar-refractivity contribution in [1.82, 2.24) is 5.32 Å². The first-order valence-electron chi connectivity index (χ1n) is 6.36. The lowest BCUT2D eigenvalue weighted by molar-refractivity contribution is 0.485. The first-order chi connectivity index (χ1) is 7.95. The van der Waals surface area contributed by atoms with Gasteiger partial charge in [0.15, 0.2) is 0 Å². The van der Waals surface area contributed by atoms with Gasteiger partial charge in [-0.05, 0) is 37.1 Å². The zero-order valence-electron chi connectivity index (χ0n) is 9.82. The summed E-state index contributed by atoms with van der Waals surface area (Å²) in [5, 5.41) is 3.45. The molecule has 0 saturated heterocycles. The average Bonchev–Trinajstić information content (AvgIpc) is 2.96. The predicted octanol–water partition coefficient (Wildman–Crippen LogP) is 3.46. The molecule has 0 spiro atoms. The molecule has 1 aromatic heterocycles. The van der Waals surface area contributed by atoms with E-state index in [4.69, 9.17) is 4.42 Å². The van der Waals surface area contributed by atoms with Crippen LogP contribution in [0.5, 0.6) is 0 Å². The smallest absolute Gasteiger partial charge is 0.126 e. The van der Waals surface area contributed by atoms with E-state index >= 15 is 0 Å². The minimum atomic E-state index is 0.928. The zero-order valence-corrected chi connectivity index (χ0v) is 9.82. The summed E-state index contributed by atoms with van der Waals surface area (Å²) in [6.07, 6.45) is 13.0. The summed E-state index contributed by atoms with van der Waals surface area (Å²) in [4.78, 5) is 0. The van der Waals surface area contributed by atoms with E-state index in [9.17, 15) is 0 Å². The van der Waals surface area contributed by atoms with E-state index in [0.717, 1.165) is 24.8 Å². The lowest BCUT2D eigenvalue weighted by atomic mass is 10.0. The molecule has 88 valence electrons. The lowest BCUT2D eigenvalue weighted by Crippen LogP contribution is -2.17. The monoisotopic (exact) mass is 219 g/mol. The fourth-order valence-corrected chi connectivity index (χ4v) is 2.35. The predicted molar refractivity (Wildman–Crippen MR) is 67.2 cm³/mol.